The summed E-state index contributed by atoms with van der Waals surface area (Å²) in [5, 5.41) is 3.49. The van der Waals surface area contributed by atoms with Crippen molar-refractivity contribution in [1.29, 1.82) is 0 Å². The van der Waals surface area contributed by atoms with Gasteiger partial charge in [-0.3, -0.25) is 10.1 Å². The van der Waals surface area contributed by atoms with Crippen molar-refractivity contribution in [3.8, 4) is 0 Å². The fraction of sp³-hybridized carbons (Fsp3) is 0.933. The number of ether oxygens (including phenoxy) is 1. The number of rotatable bonds is 7. The highest BCUT2D eigenvalue weighted by Crippen LogP contribution is 2.22. The lowest BCUT2D eigenvalue weighted by atomic mass is 10.0. The molecule has 112 valence electrons. The van der Waals surface area contributed by atoms with Gasteiger partial charge in [-0.2, -0.15) is 0 Å². The van der Waals surface area contributed by atoms with Crippen LogP contribution in [0.15, 0.2) is 0 Å². The Hall–Kier alpha value is -0.610. The minimum atomic E-state index is -0.0266. The molecule has 0 saturated carbocycles. The second-order valence-corrected chi connectivity index (χ2v) is 6.29. The molecule has 0 aromatic carbocycles. The predicted octanol–water partition coefficient (Wildman–Crippen LogP) is 2.24. The Morgan fingerprint density at radius 2 is 1.89 bits per heavy atom. The highest BCUT2D eigenvalue weighted by atomic mass is 16.5. The maximum Gasteiger partial charge on any atom is 0.241 e. The number of hydrogen-bond donors (Lipinski definition) is 1. The highest BCUT2D eigenvalue weighted by Gasteiger charge is 2.40. The van der Waals surface area contributed by atoms with Gasteiger partial charge in [0.15, 0.2) is 0 Å². The predicted molar refractivity (Wildman–Crippen MR) is 77.8 cm³/mol. The van der Waals surface area contributed by atoms with E-state index in [1.165, 1.54) is 0 Å². The van der Waals surface area contributed by atoms with Crippen molar-refractivity contribution in [3.05, 3.63) is 0 Å². The van der Waals surface area contributed by atoms with Gasteiger partial charge in [-0.05, 0) is 32.1 Å². The molecule has 3 unspecified atom stereocenters. The van der Waals surface area contributed by atoms with Crippen LogP contribution >= 0.6 is 0 Å². The molecule has 1 amide bonds. The Morgan fingerprint density at radius 3 is 2.37 bits per heavy atom. The van der Waals surface area contributed by atoms with Crippen LogP contribution in [0.25, 0.3) is 0 Å². The molecule has 4 nitrogen and oxygen atoms in total. The van der Waals surface area contributed by atoms with Crippen molar-refractivity contribution < 1.29 is 9.53 Å². The minimum absolute atomic E-state index is 0.0266. The molecule has 0 radical (unpaired) electrons. The number of nitrogens with zero attached hydrogens (tertiary/aromatic N) is 1. The van der Waals surface area contributed by atoms with Gasteiger partial charge in [-0.1, -0.05) is 27.7 Å². The standard InChI is InChI=1S/C15H30N2O2/c1-7-19-12(6)9-17-14(11(4)5)16-13(15(17)18)8-10(2)3/h10-14,16H,7-9H2,1-6H3. The van der Waals surface area contributed by atoms with Gasteiger partial charge < -0.3 is 9.64 Å². The van der Waals surface area contributed by atoms with E-state index in [1.54, 1.807) is 0 Å². The lowest BCUT2D eigenvalue weighted by molar-refractivity contribution is -0.132. The van der Waals surface area contributed by atoms with E-state index >= 15 is 0 Å². The zero-order valence-corrected chi connectivity index (χ0v) is 13.3. The average molecular weight is 270 g/mol. The van der Waals surface area contributed by atoms with Gasteiger partial charge in [-0.15, -0.1) is 0 Å². The smallest absolute Gasteiger partial charge is 0.241 e. The van der Waals surface area contributed by atoms with Crippen molar-refractivity contribution in [1.82, 2.24) is 10.2 Å². The maximum atomic E-state index is 12.5. The number of amides is 1. The molecule has 1 rings (SSSR count). The lowest BCUT2D eigenvalue weighted by Crippen LogP contribution is -2.44. The zero-order chi connectivity index (χ0) is 14.6. The highest BCUT2D eigenvalue weighted by molar-refractivity contribution is 5.84. The first-order valence-electron chi connectivity index (χ1n) is 7.54. The third kappa shape index (κ3) is 4.46. The summed E-state index contributed by atoms with van der Waals surface area (Å²) in [6, 6.07) is -0.0266. The first-order valence-corrected chi connectivity index (χ1v) is 7.54. The molecule has 0 aromatic heterocycles. The molecule has 19 heavy (non-hydrogen) atoms. The van der Waals surface area contributed by atoms with Crippen molar-refractivity contribution in [2.24, 2.45) is 11.8 Å². The van der Waals surface area contributed by atoms with E-state index in [1.807, 2.05) is 18.7 Å². The number of carbonyl (C=O) groups is 1. The van der Waals surface area contributed by atoms with Crippen molar-refractivity contribution in [3.63, 3.8) is 0 Å². The van der Waals surface area contributed by atoms with Crippen LogP contribution < -0.4 is 5.32 Å². The molecule has 0 aliphatic carbocycles. The quantitative estimate of drug-likeness (QED) is 0.771. The molecular weight excluding hydrogens is 240 g/mol. The molecule has 0 spiro atoms. The van der Waals surface area contributed by atoms with E-state index in [-0.39, 0.29) is 24.2 Å². The van der Waals surface area contributed by atoms with Gasteiger partial charge in [0.25, 0.3) is 0 Å². The number of hydrogen-bond acceptors (Lipinski definition) is 3. The number of nitrogens with one attached hydrogen (secondary N) is 1. The molecule has 1 saturated heterocycles. The molecule has 0 aromatic rings. The molecule has 1 aliphatic heterocycles. The van der Waals surface area contributed by atoms with Gasteiger partial charge in [0.1, 0.15) is 0 Å². The van der Waals surface area contributed by atoms with Crippen LogP contribution in [0.4, 0.5) is 0 Å². The Bertz CT molecular complexity index is 292. The third-order valence-corrected chi connectivity index (χ3v) is 3.53. The molecular formula is C15H30N2O2. The first-order chi connectivity index (χ1) is 8.86. The Kier molecular flexibility index (Phi) is 6.27. The van der Waals surface area contributed by atoms with Crippen LogP contribution in [-0.2, 0) is 9.53 Å². The monoisotopic (exact) mass is 270 g/mol. The lowest BCUT2D eigenvalue weighted by Gasteiger charge is -2.29. The fourth-order valence-corrected chi connectivity index (χ4v) is 2.71. The second kappa shape index (κ2) is 7.25. The average Bonchev–Trinajstić information content (AvgIpc) is 2.57. The molecule has 1 N–H and O–H groups in total. The maximum absolute atomic E-state index is 12.5. The Labute approximate surface area is 117 Å². The summed E-state index contributed by atoms with van der Waals surface area (Å²) < 4.78 is 5.57. The minimum Gasteiger partial charge on any atom is -0.377 e. The summed E-state index contributed by atoms with van der Waals surface area (Å²) in [5.74, 6) is 1.17. The summed E-state index contributed by atoms with van der Waals surface area (Å²) >= 11 is 0. The SMILES string of the molecule is CCOC(C)CN1C(=O)C(CC(C)C)NC1C(C)C. The molecule has 4 heteroatoms. The van der Waals surface area contributed by atoms with E-state index in [4.69, 9.17) is 4.74 Å². The van der Waals surface area contributed by atoms with Crippen LogP contribution in [-0.4, -0.2) is 42.3 Å². The molecule has 1 fully saturated rings. The second-order valence-electron chi connectivity index (χ2n) is 6.29. The third-order valence-electron chi connectivity index (χ3n) is 3.53. The summed E-state index contributed by atoms with van der Waals surface area (Å²) in [4.78, 5) is 14.5. The summed E-state index contributed by atoms with van der Waals surface area (Å²) in [7, 11) is 0. The summed E-state index contributed by atoms with van der Waals surface area (Å²) in [6.07, 6.45) is 1.13. The van der Waals surface area contributed by atoms with Crippen LogP contribution in [0.2, 0.25) is 0 Å². The van der Waals surface area contributed by atoms with Crippen molar-refractivity contribution >= 4 is 5.91 Å². The molecule has 1 aliphatic rings. The van der Waals surface area contributed by atoms with Crippen LogP contribution in [0, 0.1) is 11.8 Å². The Morgan fingerprint density at radius 1 is 1.26 bits per heavy atom. The van der Waals surface area contributed by atoms with Gasteiger partial charge in [0.05, 0.1) is 18.3 Å². The van der Waals surface area contributed by atoms with E-state index in [0.717, 1.165) is 6.42 Å². The van der Waals surface area contributed by atoms with Gasteiger partial charge in [0, 0.05) is 13.2 Å². The summed E-state index contributed by atoms with van der Waals surface area (Å²) in [6.45, 7) is 14.0. The van der Waals surface area contributed by atoms with E-state index in [9.17, 15) is 4.79 Å². The van der Waals surface area contributed by atoms with Crippen molar-refractivity contribution in [2.45, 2.75) is 66.3 Å². The summed E-state index contributed by atoms with van der Waals surface area (Å²) in [5.41, 5.74) is 0. The number of carbonyl (C=O) groups excluding carboxylic acids is 1. The van der Waals surface area contributed by atoms with E-state index < -0.39 is 0 Å². The molecule has 1 heterocycles. The van der Waals surface area contributed by atoms with Gasteiger partial charge in [-0.25, -0.2) is 0 Å². The van der Waals surface area contributed by atoms with Crippen LogP contribution in [0.3, 0.4) is 0 Å². The zero-order valence-electron chi connectivity index (χ0n) is 13.3. The van der Waals surface area contributed by atoms with Crippen LogP contribution in [0.5, 0.6) is 0 Å². The Balaban J connectivity index is 2.71. The fourth-order valence-electron chi connectivity index (χ4n) is 2.71. The largest absolute Gasteiger partial charge is 0.377 e. The molecule has 0 bridgehead atoms. The topological polar surface area (TPSA) is 41.6 Å². The molecule has 3 atom stereocenters. The van der Waals surface area contributed by atoms with E-state index in [2.05, 4.69) is 33.0 Å². The van der Waals surface area contributed by atoms with Gasteiger partial charge in [0.2, 0.25) is 5.91 Å². The first kappa shape index (κ1) is 16.4. The van der Waals surface area contributed by atoms with Crippen molar-refractivity contribution in [2.75, 3.05) is 13.2 Å². The normalized spacial score (nSPS) is 25.7. The van der Waals surface area contributed by atoms with Gasteiger partial charge >= 0.3 is 0 Å². The van der Waals surface area contributed by atoms with E-state index in [0.29, 0.717) is 25.0 Å². The van der Waals surface area contributed by atoms with Crippen LogP contribution in [0.1, 0.15) is 48.0 Å².